The number of ether oxygens (including phenoxy) is 1. The third-order valence-corrected chi connectivity index (χ3v) is 2.25. The van der Waals surface area contributed by atoms with Crippen molar-refractivity contribution in [1.29, 1.82) is 0 Å². The molecule has 0 aliphatic heterocycles. The van der Waals surface area contributed by atoms with Gasteiger partial charge in [-0.2, -0.15) is 0 Å². The van der Waals surface area contributed by atoms with Crippen molar-refractivity contribution in [1.82, 2.24) is 0 Å². The van der Waals surface area contributed by atoms with Crippen LogP contribution in [-0.2, 0) is 14.4 Å². The normalized spacial score (nSPS) is 18.5. The summed E-state index contributed by atoms with van der Waals surface area (Å²) in [4.78, 5) is 14.9. The molecule has 0 atom stereocenters. The second-order valence-corrected chi connectivity index (χ2v) is 3.33. The van der Waals surface area contributed by atoms with Crippen LogP contribution in [0, 0.1) is 0 Å². The van der Waals surface area contributed by atoms with Gasteiger partial charge in [-0.1, -0.05) is 6.42 Å². The molecule has 1 saturated carbocycles. The third-order valence-electron chi connectivity index (χ3n) is 2.25. The Morgan fingerprint density at radius 3 is 2.62 bits per heavy atom. The zero-order chi connectivity index (χ0) is 9.52. The molecule has 0 unspecified atom stereocenters. The zero-order valence-electron chi connectivity index (χ0n) is 7.70. The van der Waals surface area contributed by atoms with Crippen LogP contribution in [0.25, 0.3) is 0 Å². The molecule has 0 radical (unpaired) electrons. The largest absolute Gasteiger partial charge is 0.462 e. The van der Waals surface area contributed by atoms with Crippen LogP contribution in [0.1, 0.15) is 38.5 Å². The van der Waals surface area contributed by atoms with Crippen LogP contribution in [0.4, 0.5) is 0 Å². The fraction of sp³-hybridized carbons (Fsp3) is 0.889. The zero-order valence-corrected chi connectivity index (χ0v) is 7.70. The second-order valence-electron chi connectivity index (χ2n) is 3.33. The molecule has 76 valence electrons. The molecular formula is C9H16O4. The van der Waals surface area contributed by atoms with Crippen LogP contribution in [0.2, 0.25) is 0 Å². The van der Waals surface area contributed by atoms with Crippen molar-refractivity contribution in [2.24, 2.45) is 0 Å². The fourth-order valence-electron chi connectivity index (χ4n) is 1.56. The molecule has 13 heavy (non-hydrogen) atoms. The van der Waals surface area contributed by atoms with Gasteiger partial charge in [-0.05, 0) is 25.7 Å². The molecule has 0 saturated heterocycles. The molecule has 4 nitrogen and oxygen atoms in total. The van der Waals surface area contributed by atoms with E-state index in [-0.39, 0.29) is 25.1 Å². The SMILES string of the molecule is O=C(CCOO)OC1CCCCC1. The van der Waals surface area contributed by atoms with Crippen LogP contribution < -0.4 is 0 Å². The van der Waals surface area contributed by atoms with Gasteiger partial charge in [0.25, 0.3) is 0 Å². The lowest BCUT2D eigenvalue weighted by Crippen LogP contribution is -2.21. The molecule has 0 heterocycles. The summed E-state index contributed by atoms with van der Waals surface area (Å²) in [6, 6.07) is 0. The van der Waals surface area contributed by atoms with Crippen LogP contribution in [0.3, 0.4) is 0 Å². The molecule has 0 aromatic carbocycles. The van der Waals surface area contributed by atoms with Gasteiger partial charge in [0.2, 0.25) is 0 Å². The summed E-state index contributed by atoms with van der Waals surface area (Å²) in [5.74, 6) is -0.277. The minimum Gasteiger partial charge on any atom is -0.462 e. The fourth-order valence-corrected chi connectivity index (χ4v) is 1.56. The predicted octanol–water partition coefficient (Wildman–Crippen LogP) is 1.74. The Morgan fingerprint density at radius 2 is 2.00 bits per heavy atom. The molecule has 1 aliphatic rings. The van der Waals surface area contributed by atoms with E-state index < -0.39 is 0 Å². The standard InChI is InChI=1S/C9H16O4/c10-9(6-7-12-11)13-8-4-2-1-3-5-8/h8,11H,1-7H2. The van der Waals surface area contributed by atoms with Crippen LogP contribution >= 0.6 is 0 Å². The van der Waals surface area contributed by atoms with Gasteiger partial charge >= 0.3 is 5.97 Å². The number of rotatable bonds is 4. The summed E-state index contributed by atoms with van der Waals surface area (Å²) in [6.07, 6.45) is 5.72. The highest BCUT2D eigenvalue weighted by molar-refractivity contribution is 5.69. The Kier molecular flexibility index (Phi) is 4.78. The molecule has 1 fully saturated rings. The summed E-state index contributed by atoms with van der Waals surface area (Å²) in [5, 5.41) is 8.01. The third kappa shape index (κ3) is 4.24. The van der Waals surface area contributed by atoms with Gasteiger partial charge in [-0.15, -0.1) is 0 Å². The van der Waals surface area contributed by atoms with Crippen molar-refractivity contribution in [3.05, 3.63) is 0 Å². The van der Waals surface area contributed by atoms with Gasteiger partial charge in [-0.25, -0.2) is 4.89 Å². The number of carbonyl (C=O) groups is 1. The van der Waals surface area contributed by atoms with Crippen LogP contribution in [-0.4, -0.2) is 23.9 Å². The molecule has 0 bridgehead atoms. The van der Waals surface area contributed by atoms with E-state index in [0.717, 1.165) is 25.7 Å². The molecule has 0 aromatic heterocycles. The minimum atomic E-state index is -0.277. The topological polar surface area (TPSA) is 55.8 Å². The molecule has 1 aliphatic carbocycles. The van der Waals surface area contributed by atoms with Crippen LogP contribution in [0.5, 0.6) is 0 Å². The van der Waals surface area contributed by atoms with Crippen molar-refractivity contribution < 1.29 is 19.7 Å². The lowest BCUT2D eigenvalue weighted by molar-refractivity contribution is -0.243. The highest BCUT2D eigenvalue weighted by Gasteiger charge is 2.17. The van der Waals surface area contributed by atoms with Crippen molar-refractivity contribution >= 4 is 5.97 Å². The van der Waals surface area contributed by atoms with Gasteiger partial charge in [0.05, 0.1) is 13.0 Å². The average Bonchev–Trinajstić information content (AvgIpc) is 2.16. The minimum absolute atomic E-state index is 0.0194. The van der Waals surface area contributed by atoms with E-state index in [0.29, 0.717) is 0 Å². The van der Waals surface area contributed by atoms with E-state index in [2.05, 4.69) is 4.89 Å². The van der Waals surface area contributed by atoms with Gasteiger partial charge in [-0.3, -0.25) is 10.1 Å². The molecule has 1 rings (SSSR count). The van der Waals surface area contributed by atoms with E-state index in [9.17, 15) is 4.79 Å². The van der Waals surface area contributed by atoms with E-state index in [1.165, 1.54) is 6.42 Å². The average molecular weight is 188 g/mol. The van der Waals surface area contributed by atoms with Crippen LogP contribution in [0.15, 0.2) is 0 Å². The maximum atomic E-state index is 11.1. The monoisotopic (exact) mass is 188 g/mol. The van der Waals surface area contributed by atoms with Crippen molar-refractivity contribution in [3.63, 3.8) is 0 Å². The van der Waals surface area contributed by atoms with Gasteiger partial charge in [0.15, 0.2) is 0 Å². The summed E-state index contributed by atoms with van der Waals surface area (Å²) in [7, 11) is 0. The number of esters is 1. The Morgan fingerprint density at radius 1 is 1.31 bits per heavy atom. The molecule has 0 aromatic rings. The first-order chi connectivity index (χ1) is 6.33. The van der Waals surface area contributed by atoms with Gasteiger partial charge < -0.3 is 4.74 Å². The molecule has 0 amide bonds. The Bertz CT molecular complexity index is 152. The van der Waals surface area contributed by atoms with E-state index in [1.54, 1.807) is 0 Å². The maximum absolute atomic E-state index is 11.1. The highest BCUT2D eigenvalue weighted by atomic mass is 17.1. The first kappa shape index (κ1) is 10.5. The number of hydrogen-bond acceptors (Lipinski definition) is 4. The van der Waals surface area contributed by atoms with Crippen molar-refractivity contribution in [3.8, 4) is 0 Å². The molecular weight excluding hydrogens is 172 g/mol. The smallest absolute Gasteiger partial charge is 0.308 e. The van der Waals surface area contributed by atoms with E-state index in [1.807, 2.05) is 0 Å². The predicted molar refractivity (Wildman–Crippen MR) is 46.2 cm³/mol. The molecule has 0 spiro atoms. The Labute approximate surface area is 77.8 Å². The number of hydrogen-bond donors (Lipinski definition) is 1. The highest BCUT2D eigenvalue weighted by Crippen LogP contribution is 2.20. The van der Waals surface area contributed by atoms with Gasteiger partial charge in [0.1, 0.15) is 6.10 Å². The van der Waals surface area contributed by atoms with Crippen molar-refractivity contribution in [2.75, 3.05) is 6.61 Å². The second kappa shape index (κ2) is 5.94. The quantitative estimate of drug-likeness (QED) is 0.415. The number of carbonyl (C=O) groups excluding carboxylic acids is 1. The molecule has 4 heteroatoms. The van der Waals surface area contributed by atoms with Gasteiger partial charge in [0, 0.05) is 0 Å². The van der Waals surface area contributed by atoms with E-state index in [4.69, 9.17) is 9.99 Å². The van der Waals surface area contributed by atoms with E-state index >= 15 is 0 Å². The van der Waals surface area contributed by atoms with Crippen molar-refractivity contribution in [2.45, 2.75) is 44.6 Å². The first-order valence-corrected chi connectivity index (χ1v) is 4.79. The summed E-state index contributed by atoms with van der Waals surface area (Å²) >= 11 is 0. The summed E-state index contributed by atoms with van der Waals surface area (Å²) in [5.41, 5.74) is 0. The Balaban J connectivity index is 2.11. The summed E-state index contributed by atoms with van der Waals surface area (Å²) < 4.78 is 5.16. The first-order valence-electron chi connectivity index (χ1n) is 4.79. The lowest BCUT2D eigenvalue weighted by Gasteiger charge is -2.21. The molecule has 1 N–H and O–H groups in total. The summed E-state index contributed by atoms with van der Waals surface area (Å²) in [6.45, 7) is 0.0194. The maximum Gasteiger partial charge on any atom is 0.308 e. The lowest BCUT2D eigenvalue weighted by atomic mass is 9.98. The Hall–Kier alpha value is -0.610.